The number of sulfonamides is 1. The lowest BCUT2D eigenvalue weighted by Gasteiger charge is -2.08. The average Bonchev–Trinajstić information content (AvgIpc) is 2.38. The van der Waals surface area contributed by atoms with Gasteiger partial charge in [0.25, 0.3) is 10.0 Å². The molecule has 2 rings (SSSR count). The highest BCUT2D eigenvalue weighted by Gasteiger charge is 2.19. The summed E-state index contributed by atoms with van der Waals surface area (Å²) in [6.07, 6.45) is 0. The van der Waals surface area contributed by atoms with E-state index in [2.05, 4.69) is 24.7 Å². The van der Waals surface area contributed by atoms with Crippen molar-refractivity contribution in [3.8, 4) is 0 Å². The van der Waals surface area contributed by atoms with E-state index in [1.807, 2.05) is 0 Å². The molecule has 10 heteroatoms. The summed E-state index contributed by atoms with van der Waals surface area (Å²) in [6, 6.07) is 7.40. The van der Waals surface area contributed by atoms with Crippen molar-refractivity contribution in [2.75, 3.05) is 4.72 Å². The van der Waals surface area contributed by atoms with Crippen LogP contribution in [0.1, 0.15) is 5.69 Å². The lowest BCUT2D eigenvalue weighted by molar-refractivity contribution is 0.601. The second-order valence-electron chi connectivity index (χ2n) is 3.92. The van der Waals surface area contributed by atoms with Gasteiger partial charge < -0.3 is 0 Å². The highest BCUT2D eigenvalue weighted by atomic mass is 35.5. The number of hydrogen-bond acceptors (Lipinski definition) is 5. The Morgan fingerprint density at radius 2 is 2.05 bits per heavy atom. The van der Waals surface area contributed by atoms with E-state index in [1.54, 1.807) is 19.1 Å². The average molecular weight is 325 g/mol. The van der Waals surface area contributed by atoms with Crippen LogP contribution in [0.15, 0.2) is 40.3 Å². The van der Waals surface area contributed by atoms with Crippen LogP contribution in [0.3, 0.4) is 0 Å². The molecule has 0 amide bonds. The minimum atomic E-state index is -3.93. The molecular weight excluding hydrogens is 316 g/mol. The number of anilines is 1. The van der Waals surface area contributed by atoms with Crippen LogP contribution in [-0.2, 0) is 10.0 Å². The summed E-state index contributed by atoms with van der Waals surface area (Å²) in [7, 11) is -3.93. The first kappa shape index (κ1) is 15.0. The van der Waals surface area contributed by atoms with Gasteiger partial charge in [0.05, 0.1) is 5.02 Å². The van der Waals surface area contributed by atoms with Crippen molar-refractivity contribution in [1.29, 1.82) is 0 Å². The van der Waals surface area contributed by atoms with E-state index in [4.69, 9.17) is 17.1 Å². The van der Waals surface area contributed by atoms with Gasteiger partial charge in [-0.05, 0) is 35.8 Å². The molecule has 0 spiro atoms. The Morgan fingerprint density at radius 3 is 2.71 bits per heavy atom. The molecule has 2 aromatic rings. The van der Waals surface area contributed by atoms with Crippen LogP contribution in [0.25, 0.3) is 10.4 Å². The minimum absolute atomic E-state index is 0.0156. The maximum Gasteiger partial charge on any atom is 0.265 e. The van der Waals surface area contributed by atoms with Crippen LogP contribution < -0.4 is 4.72 Å². The Bertz CT molecular complexity index is 832. The summed E-state index contributed by atoms with van der Waals surface area (Å²) >= 11 is 5.86. The molecule has 0 saturated heterocycles. The Hall–Kier alpha value is -2.35. The van der Waals surface area contributed by atoms with Crippen molar-refractivity contribution in [1.82, 2.24) is 9.97 Å². The number of rotatable bonds is 4. The zero-order valence-electron chi connectivity index (χ0n) is 10.7. The number of benzene rings is 1. The molecule has 0 fully saturated rings. The van der Waals surface area contributed by atoms with E-state index in [1.165, 1.54) is 18.2 Å². The van der Waals surface area contributed by atoms with Gasteiger partial charge in [0.15, 0.2) is 0 Å². The Balaban J connectivity index is 2.42. The van der Waals surface area contributed by atoms with Crippen LogP contribution in [0.2, 0.25) is 5.02 Å². The van der Waals surface area contributed by atoms with Gasteiger partial charge in [0.1, 0.15) is 10.7 Å². The molecule has 1 aromatic heterocycles. The van der Waals surface area contributed by atoms with Crippen molar-refractivity contribution in [2.24, 2.45) is 5.11 Å². The molecule has 108 valence electrons. The summed E-state index contributed by atoms with van der Waals surface area (Å²) in [5.41, 5.74) is 8.84. The Labute approximate surface area is 125 Å². The monoisotopic (exact) mass is 324 g/mol. The third-order valence-corrected chi connectivity index (χ3v) is 4.17. The third kappa shape index (κ3) is 3.60. The molecule has 1 heterocycles. The Kier molecular flexibility index (Phi) is 4.27. The second-order valence-corrected chi connectivity index (χ2v) is 5.97. The molecule has 0 saturated carbocycles. The molecular formula is C11H9ClN6O2S. The summed E-state index contributed by atoms with van der Waals surface area (Å²) < 4.78 is 26.6. The first-order valence-corrected chi connectivity index (χ1v) is 7.46. The predicted octanol–water partition coefficient (Wildman–Crippen LogP) is 3.18. The lowest BCUT2D eigenvalue weighted by Crippen LogP contribution is -2.15. The minimum Gasteiger partial charge on any atom is -0.247 e. The SMILES string of the molecule is Cc1cc(N=[N+]=[N-])nc(NS(=O)(=O)c2ccccc2Cl)n1. The van der Waals surface area contributed by atoms with Gasteiger partial charge in [0, 0.05) is 10.6 Å². The molecule has 0 atom stereocenters. The second kappa shape index (κ2) is 5.96. The zero-order chi connectivity index (χ0) is 15.5. The molecule has 21 heavy (non-hydrogen) atoms. The van der Waals surface area contributed by atoms with Gasteiger partial charge in [-0.1, -0.05) is 23.7 Å². The lowest BCUT2D eigenvalue weighted by atomic mass is 10.4. The fraction of sp³-hybridized carbons (Fsp3) is 0.0909. The molecule has 1 aromatic carbocycles. The molecule has 0 unspecified atom stereocenters. The number of nitrogens with zero attached hydrogens (tertiary/aromatic N) is 5. The first-order valence-electron chi connectivity index (χ1n) is 5.60. The topological polar surface area (TPSA) is 121 Å². The van der Waals surface area contributed by atoms with Gasteiger partial charge in [-0.25, -0.2) is 23.1 Å². The normalized spacial score (nSPS) is 10.8. The van der Waals surface area contributed by atoms with Crippen molar-refractivity contribution >= 4 is 33.4 Å². The largest absolute Gasteiger partial charge is 0.265 e. The Morgan fingerprint density at radius 1 is 1.33 bits per heavy atom. The van der Waals surface area contributed by atoms with Gasteiger partial charge in [-0.3, -0.25) is 0 Å². The first-order chi connectivity index (χ1) is 9.92. The van der Waals surface area contributed by atoms with Gasteiger partial charge in [-0.2, -0.15) is 0 Å². The maximum absolute atomic E-state index is 12.2. The predicted molar refractivity (Wildman–Crippen MR) is 77.8 cm³/mol. The molecule has 0 radical (unpaired) electrons. The van der Waals surface area contributed by atoms with E-state index in [0.29, 0.717) is 5.69 Å². The number of aryl methyl sites for hydroxylation is 1. The molecule has 0 bridgehead atoms. The number of azide groups is 1. The van der Waals surface area contributed by atoms with E-state index < -0.39 is 10.0 Å². The molecule has 0 aliphatic rings. The fourth-order valence-electron chi connectivity index (χ4n) is 1.53. The quantitative estimate of drug-likeness (QED) is 0.527. The van der Waals surface area contributed by atoms with Crippen molar-refractivity contribution in [3.63, 3.8) is 0 Å². The zero-order valence-corrected chi connectivity index (χ0v) is 12.3. The van der Waals surface area contributed by atoms with Crippen molar-refractivity contribution in [2.45, 2.75) is 11.8 Å². The highest BCUT2D eigenvalue weighted by molar-refractivity contribution is 7.92. The standard InChI is InChI=1S/C11H9ClN6O2S/c1-7-6-10(16-18-13)15-11(14-7)17-21(19,20)9-5-3-2-4-8(9)12/h2-6H,1H3,(H,14,15,17). The van der Waals surface area contributed by atoms with Crippen LogP contribution in [-0.4, -0.2) is 18.4 Å². The molecule has 8 nitrogen and oxygen atoms in total. The number of nitrogens with one attached hydrogen (secondary N) is 1. The van der Waals surface area contributed by atoms with Gasteiger partial charge in [0.2, 0.25) is 5.95 Å². The summed E-state index contributed by atoms with van der Waals surface area (Å²) in [5, 5.41) is 3.39. The third-order valence-electron chi connectivity index (χ3n) is 2.34. The van der Waals surface area contributed by atoms with Gasteiger partial charge in [-0.15, -0.1) is 0 Å². The molecule has 0 aliphatic heterocycles. The highest BCUT2D eigenvalue weighted by Crippen LogP contribution is 2.23. The van der Waals surface area contributed by atoms with Gasteiger partial charge >= 0.3 is 0 Å². The van der Waals surface area contributed by atoms with E-state index in [-0.39, 0.29) is 21.7 Å². The molecule has 0 aliphatic carbocycles. The maximum atomic E-state index is 12.2. The van der Waals surface area contributed by atoms with Crippen LogP contribution in [0.4, 0.5) is 11.8 Å². The van der Waals surface area contributed by atoms with E-state index >= 15 is 0 Å². The summed E-state index contributed by atoms with van der Waals surface area (Å²) in [5.74, 6) is -0.181. The van der Waals surface area contributed by atoms with Crippen molar-refractivity contribution in [3.05, 3.63) is 51.5 Å². The number of hydrogen-bond donors (Lipinski definition) is 1. The molecule has 1 N–H and O–H groups in total. The van der Waals surface area contributed by atoms with E-state index in [0.717, 1.165) is 0 Å². The fourth-order valence-corrected chi connectivity index (χ4v) is 3.00. The van der Waals surface area contributed by atoms with Crippen molar-refractivity contribution < 1.29 is 8.42 Å². The number of aromatic nitrogens is 2. The van der Waals surface area contributed by atoms with E-state index in [9.17, 15) is 8.42 Å². The smallest absolute Gasteiger partial charge is 0.247 e. The van der Waals surface area contributed by atoms with Crippen LogP contribution in [0.5, 0.6) is 0 Å². The summed E-state index contributed by atoms with van der Waals surface area (Å²) in [6.45, 7) is 1.62. The van der Waals surface area contributed by atoms with Crippen LogP contribution in [0, 0.1) is 6.92 Å². The summed E-state index contributed by atoms with van der Waals surface area (Å²) in [4.78, 5) is 10.2. The van der Waals surface area contributed by atoms with Crippen LogP contribution >= 0.6 is 11.6 Å². The number of halogens is 1.